The number of pyridine rings is 1. The Morgan fingerprint density at radius 2 is 2.42 bits per heavy atom. The van der Waals surface area contributed by atoms with Crippen LogP contribution >= 0.6 is 23.4 Å². The molecule has 12 heavy (non-hydrogen) atoms. The van der Waals surface area contributed by atoms with Crippen LogP contribution in [0.2, 0.25) is 0 Å². The van der Waals surface area contributed by atoms with Crippen molar-refractivity contribution >= 4 is 23.4 Å². The van der Waals surface area contributed by atoms with E-state index in [2.05, 4.69) is 4.98 Å². The minimum absolute atomic E-state index is 0.588. The molecule has 1 aromatic rings. The van der Waals surface area contributed by atoms with Crippen LogP contribution in [0.1, 0.15) is 5.56 Å². The second-order valence-electron chi connectivity index (χ2n) is 2.03. The molecule has 0 aliphatic heterocycles. The Balaban J connectivity index is 2.60. The van der Waals surface area contributed by atoms with Gasteiger partial charge in [-0.15, -0.1) is 23.4 Å². The zero-order valence-electron chi connectivity index (χ0n) is 6.33. The number of thioether (sulfide) groups is 1. The van der Waals surface area contributed by atoms with Crippen LogP contribution < -0.4 is 0 Å². The Morgan fingerprint density at radius 1 is 1.58 bits per heavy atom. The summed E-state index contributed by atoms with van der Waals surface area (Å²) in [6.07, 6.45) is 1.57. The average Bonchev–Trinajstić information content (AvgIpc) is 2.15. The first-order valence-electron chi connectivity index (χ1n) is 3.41. The largest absolute Gasteiger partial charge is 0.249 e. The molecule has 0 bridgehead atoms. The van der Waals surface area contributed by atoms with E-state index in [0.29, 0.717) is 11.4 Å². The summed E-state index contributed by atoms with van der Waals surface area (Å²) < 4.78 is 0. The average molecular weight is 199 g/mol. The van der Waals surface area contributed by atoms with Gasteiger partial charge in [-0.25, -0.2) is 4.98 Å². The number of nitrogens with zero attached hydrogens (tertiary/aromatic N) is 2. The molecule has 1 rings (SSSR count). The van der Waals surface area contributed by atoms with E-state index in [-0.39, 0.29) is 0 Å². The predicted molar refractivity (Wildman–Crippen MR) is 50.4 cm³/mol. The van der Waals surface area contributed by atoms with Gasteiger partial charge in [-0.2, -0.15) is 5.26 Å². The number of halogens is 1. The molecule has 0 saturated heterocycles. The number of rotatable bonds is 3. The van der Waals surface area contributed by atoms with Crippen molar-refractivity contribution in [1.82, 2.24) is 4.98 Å². The van der Waals surface area contributed by atoms with E-state index in [1.807, 2.05) is 12.1 Å². The monoisotopic (exact) mass is 198 g/mol. The third kappa shape index (κ3) is 2.72. The number of hydrogen-bond acceptors (Lipinski definition) is 3. The third-order valence-corrected chi connectivity index (χ3v) is 2.55. The molecular weight excluding hydrogens is 192 g/mol. The van der Waals surface area contributed by atoms with Crippen molar-refractivity contribution in [2.24, 2.45) is 0 Å². The summed E-state index contributed by atoms with van der Waals surface area (Å²) in [5.41, 5.74) is 0.588. The van der Waals surface area contributed by atoms with Gasteiger partial charge in [-0.3, -0.25) is 0 Å². The highest BCUT2D eigenvalue weighted by Crippen LogP contribution is 2.14. The molecule has 0 atom stereocenters. The van der Waals surface area contributed by atoms with E-state index in [1.54, 1.807) is 24.0 Å². The fourth-order valence-electron chi connectivity index (χ4n) is 0.675. The fraction of sp³-hybridized carbons (Fsp3) is 0.250. The molecule has 0 saturated carbocycles. The molecule has 0 N–H and O–H groups in total. The van der Waals surface area contributed by atoms with Crippen LogP contribution in [0.25, 0.3) is 0 Å². The van der Waals surface area contributed by atoms with E-state index in [0.717, 1.165) is 10.8 Å². The number of aromatic nitrogens is 1. The number of hydrogen-bond donors (Lipinski definition) is 0. The Kier molecular flexibility index (Phi) is 3.92. The molecule has 0 radical (unpaired) electrons. The summed E-state index contributed by atoms with van der Waals surface area (Å²) in [6.45, 7) is 0. The molecule has 1 aromatic heterocycles. The summed E-state index contributed by atoms with van der Waals surface area (Å²) in [7, 11) is 0. The van der Waals surface area contributed by atoms with Gasteiger partial charge in [0.25, 0.3) is 0 Å². The summed E-state index contributed by atoms with van der Waals surface area (Å²) >= 11 is 7.10. The van der Waals surface area contributed by atoms with Crippen molar-refractivity contribution in [1.29, 1.82) is 5.26 Å². The quantitative estimate of drug-likeness (QED) is 0.553. The highest BCUT2D eigenvalue weighted by molar-refractivity contribution is 7.99. The van der Waals surface area contributed by atoms with Crippen LogP contribution in [0, 0.1) is 11.3 Å². The fourth-order valence-corrected chi connectivity index (χ4v) is 1.48. The van der Waals surface area contributed by atoms with Gasteiger partial charge in [0.05, 0.1) is 10.6 Å². The zero-order chi connectivity index (χ0) is 8.81. The molecular formula is C8H7ClN2S. The SMILES string of the molecule is N#Cc1ccc(SCCCl)nc1. The van der Waals surface area contributed by atoms with Crippen molar-refractivity contribution in [2.45, 2.75) is 5.03 Å². The molecule has 0 fully saturated rings. The highest BCUT2D eigenvalue weighted by atomic mass is 35.5. The molecule has 1 heterocycles. The lowest BCUT2D eigenvalue weighted by Crippen LogP contribution is -1.84. The number of nitriles is 1. The smallest absolute Gasteiger partial charge is 0.101 e. The van der Waals surface area contributed by atoms with Gasteiger partial charge >= 0.3 is 0 Å². The minimum Gasteiger partial charge on any atom is -0.249 e. The van der Waals surface area contributed by atoms with Gasteiger partial charge in [-0.1, -0.05) is 0 Å². The van der Waals surface area contributed by atoms with Gasteiger partial charge < -0.3 is 0 Å². The standard InChI is InChI=1S/C8H7ClN2S/c9-3-4-12-8-2-1-7(5-10)6-11-8/h1-2,6H,3-4H2. The lowest BCUT2D eigenvalue weighted by Gasteiger charge is -1.96. The van der Waals surface area contributed by atoms with Crippen LogP contribution in [-0.2, 0) is 0 Å². The van der Waals surface area contributed by atoms with Gasteiger partial charge in [0, 0.05) is 17.8 Å². The summed E-state index contributed by atoms with van der Waals surface area (Å²) in [5.74, 6) is 1.47. The lowest BCUT2D eigenvalue weighted by molar-refractivity contribution is 1.12. The summed E-state index contributed by atoms with van der Waals surface area (Å²) in [6, 6.07) is 5.60. The normalized spacial score (nSPS) is 9.33. The number of alkyl halides is 1. The van der Waals surface area contributed by atoms with Gasteiger partial charge in [0.1, 0.15) is 6.07 Å². The maximum atomic E-state index is 8.49. The molecule has 0 amide bonds. The molecule has 0 aliphatic carbocycles. The van der Waals surface area contributed by atoms with Crippen molar-refractivity contribution < 1.29 is 0 Å². The molecule has 0 aliphatic rings. The van der Waals surface area contributed by atoms with E-state index in [9.17, 15) is 0 Å². The topological polar surface area (TPSA) is 36.7 Å². The van der Waals surface area contributed by atoms with Crippen molar-refractivity contribution in [3.05, 3.63) is 23.9 Å². The Bertz CT molecular complexity index is 278. The van der Waals surface area contributed by atoms with E-state index in [1.165, 1.54) is 0 Å². The first kappa shape index (κ1) is 9.37. The molecule has 0 unspecified atom stereocenters. The van der Waals surface area contributed by atoms with Crippen LogP contribution in [-0.4, -0.2) is 16.6 Å². The van der Waals surface area contributed by atoms with Crippen molar-refractivity contribution in [3.8, 4) is 6.07 Å². The zero-order valence-corrected chi connectivity index (χ0v) is 7.90. The summed E-state index contributed by atoms with van der Waals surface area (Å²) in [4.78, 5) is 4.07. The lowest BCUT2D eigenvalue weighted by atomic mass is 10.3. The Morgan fingerprint density at radius 3 is 2.92 bits per heavy atom. The maximum absolute atomic E-state index is 8.49. The molecule has 2 nitrogen and oxygen atoms in total. The second kappa shape index (κ2) is 5.02. The molecule has 0 spiro atoms. The summed E-state index contributed by atoms with van der Waals surface area (Å²) in [5, 5.41) is 9.40. The van der Waals surface area contributed by atoms with Crippen LogP contribution in [0.3, 0.4) is 0 Å². The van der Waals surface area contributed by atoms with E-state index < -0.39 is 0 Å². The van der Waals surface area contributed by atoms with Crippen LogP contribution in [0.5, 0.6) is 0 Å². The first-order chi connectivity index (χ1) is 5.86. The highest BCUT2D eigenvalue weighted by Gasteiger charge is 1.94. The Labute approximate surface area is 80.6 Å². The van der Waals surface area contributed by atoms with Crippen molar-refractivity contribution in [2.75, 3.05) is 11.6 Å². The van der Waals surface area contributed by atoms with E-state index >= 15 is 0 Å². The van der Waals surface area contributed by atoms with Crippen LogP contribution in [0.4, 0.5) is 0 Å². The first-order valence-corrected chi connectivity index (χ1v) is 4.93. The van der Waals surface area contributed by atoms with Gasteiger partial charge in [0.15, 0.2) is 0 Å². The predicted octanol–water partition coefficient (Wildman–Crippen LogP) is 2.28. The Hall–Kier alpha value is -0.720. The molecule has 4 heteroatoms. The molecule has 62 valence electrons. The van der Waals surface area contributed by atoms with Crippen LogP contribution in [0.15, 0.2) is 23.4 Å². The van der Waals surface area contributed by atoms with Crippen molar-refractivity contribution in [3.63, 3.8) is 0 Å². The minimum atomic E-state index is 0.588. The second-order valence-corrected chi connectivity index (χ2v) is 3.53. The third-order valence-electron chi connectivity index (χ3n) is 1.19. The van der Waals surface area contributed by atoms with Gasteiger partial charge in [0.2, 0.25) is 0 Å². The van der Waals surface area contributed by atoms with Gasteiger partial charge in [-0.05, 0) is 12.1 Å². The van der Waals surface area contributed by atoms with E-state index in [4.69, 9.17) is 16.9 Å². The molecule has 0 aromatic carbocycles. The maximum Gasteiger partial charge on any atom is 0.101 e.